The zero-order valence-electron chi connectivity index (χ0n) is 16.3. The van der Waals surface area contributed by atoms with E-state index in [0.29, 0.717) is 34.5 Å². The van der Waals surface area contributed by atoms with E-state index in [1.54, 1.807) is 24.4 Å². The van der Waals surface area contributed by atoms with Crippen LogP contribution in [0.1, 0.15) is 34.8 Å². The highest BCUT2D eigenvalue weighted by Gasteiger charge is 2.22. The van der Waals surface area contributed by atoms with Crippen molar-refractivity contribution in [1.29, 1.82) is 0 Å². The fourth-order valence-electron chi connectivity index (χ4n) is 2.90. The van der Waals surface area contributed by atoms with Crippen LogP contribution in [0.25, 0.3) is 11.1 Å². The summed E-state index contributed by atoms with van der Waals surface area (Å²) >= 11 is 1.25. The van der Waals surface area contributed by atoms with Gasteiger partial charge in [0.1, 0.15) is 16.4 Å². The van der Waals surface area contributed by atoms with E-state index in [1.165, 1.54) is 29.0 Å². The summed E-state index contributed by atoms with van der Waals surface area (Å²) in [6.45, 7) is 3.96. The smallest absolute Gasteiger partial charge is 0.341 e. The van der Waals surface area contributed by atoms with Gasteiger partial charge in [0.15, 0.2) is 0 Å². The molecule has 1 aromatic heterocycles. The molecule has 1 heterocycles. The minimum Gasteiger partial charge on any atom is -0.462 e. The van der Waals surface area contributed by atoms with Crippen LogP contribution >= 0.6 is 11.3 Å². The first-order valence-corrected chi connectivity index (χ1v) is 10.3. The van der Waals surface area contributed by atoms with E-state index in [2.05, 4.69) is 5.32 Å². The number of rotatable bonds is 7. The number of anilines is 1. The summed E-state index contributed by atoms with van der Waals surface area (Å²) in [5.74, 6) is -1.04. The van der Waals surface area contributed by atoms with E-state index in [0.717, 1.165) is 5.56 Å². The summed E-state index contributed by atoms with van der Waals surface area (Å²) in [5, 5.41) is 5.05. The third-order valence-corrected chi connectivity index (χ3v) is 5.34. The van der Waals surface area contributed by atoms with E-state index in [-0.39, 0.29) is 18.3 Å². The highest BCUT2D eigenvalue weighted by Crippen LogP contribution is 2.36. The molecule has 1 N–H and O–H groups in total. The van der Waals surface area contributed by atoms with Gasteiger partial charge in [-0.1, -0.05) is 42.0 Å². The van der Waals surface area contributed by atoms with Crippen molar-refractivity contribution in [3.8, 4) is 11.1 Å². The first-order valence-electron chi connectivity index (χ1n) is 9.38. The van der Waals surface area contributed by atoms with Crippen molar-refractivity contribution in [3.63, 3.8) is 0 Å². The Labute approximate surface area is 173 Å². The molecule has 6 heteroatoms. The van der Waals surface area contributed by atoms with Crippen LogP contribution in [0.3, 0.4) is 0 Å². The highest BCUT2D eigenvalue weighted by molar-refractivity contribution is 7.15. The molecule has 3 rings (SSSR count). The topological polar surface area (TPSA) is 55.4 Å². The summed E-state index contributed by atoms with van der Waals surface area (Å²) in [5.41, 5.74) is 3.85. The molecular formula is C23H22FNO3S. The van der Waals surface area contributed by atoms with E-state index >= 15 is 0 Å². The second-order valence-electron chi connectivity index (χ2n) is 6.61. The lowest BCUT2D eigenvalue weighted by Crippen LogP contribution is -2.15. The molecule has 0 saturated heterocycles. The van der Waals surface area contributed by atoms with Crippen molar-refractivity contribution in [3.05, 3.63) is 76.4 Å². The zero-order valence-corrected chi connectivity index (χ0v) is 17.1. The molecule has 0 spiro atoms. The largest absolute Gasteiger partial charge is 0.462 e. The maximum Gasteiger partial charge on any atom is 0.341 e. The van der Waals surface area contributed by atoms with Gasteiger partial charge in [0.25, 0.3) is 0 Å². The number of halogens is 1. The Kier molecular flexibility index (Phi) is 6.77. The fraction of sp³-hybridized carbons (Fsp3) is 0.217. The van der Waals surface area contributed by atoms with Gasteiger partial charge < -0.3 is 10.1 Å². The van der Waals surface area contributed by atoms with Gasteiger partial charge in [-0.3, -0.25) is 4.79 Å². The van der Waals surface area contributed by atoms with Crippen LogP contribution < -0.4 is 5.32 Å². The number of benzene rings is 2. The lowest BCUT2D eigenvalue weighted by molar-refractivity contribution is -0.116. The molecule has 0 aliphatic carbocycles. The second kappa shape index (κ2) is 9.47. The summed E-state index contributed by atoms with van der Waals surface area (Å²) in [4.78, 5) is 25.0. The number of carbonyl (C=O) groups excluding carboxylic acids is 2. The van der Waals surface area contributed by atoms with Crippen molar-refractivity contribution in [2.45, 2.75) is 26.7 Å². The number of thiophene rings is 1. The molecule has 0 bridgehead atoms. The number of nitrogens with one attached hydrogen (secondary N) is 1. The monoisotopic (exact) mass is 411 g/mol. The van der Waals surface area contributed by atoms with Gasteiger partial charge in [0.05, 0.1) is 6.61 Å². The summed E-state index contributed by atoms with van der Waals surface area (Å²) in [6, 6.07) is 13.9. The van der Waals surface area contributed by atoms with Gasteiger partial charge in [-0.2, -0.15) is 0 Å². The lowest BCUT2D eigenvalue weighted by Gasteiger charge is -2.09. The van der Waals surface area contributed by atoms with Crippen molar-refractivity contribution in [2.75, 3.05) is 11.9 Å². The Morgan fingerprint density at radius 3 is 2.41 bits per heavy atom. The van der Waals surface area contributed by atoms with Gasteiger partial charge in [-0.15, -0.1) is 11.3 Å². The number of hydrogen-bond donors (Lipinski definition) is 1. The molecule has 0 radical (unpaired) electrons. The zero-order chi connectivity index (χ0) is 20.8. The number of aryl methyl sites for hydroxylation is 2. The van der Waals surface area contributed by atoms with Gasteiger partial charge in [0, 0.05) is 17.4 Å². The molecule has 0 aliphatic heterocycles. The Morgan fingerprint density at radius 1 is 1.07 bits per heavy atom. The molecule has 150 valence electrons. The SMILES string of the molecule is CCOC(=O)c1c(-c2ccc(F)cc2)csc1NC(=O)CCc1ccc(C)cc1. The molecular weight excluding hydrogens is 389 g/mol. The van der Waals surface area contributed by atoms with Gasteiger partial charge in [0.2, 0.25) is 5.91 Å². The standard InChI is InChI=1S/C23H22FNO3S/c1-3-28-23(27)21-19(17-9-11-18(24)12-10-17)14-29-22(21)25-20(26)13-8-16-6-4-15(2)5-7-16/h4-7,9-12,14H,3,8,13H2,1-2H3,(H,25,26). The number of amides is 1. The van der Waals surface area contributed by atoms with Crippen LogP contribution in [0.2, 0.25) is 0 Å². The molecule has 3 aromatic rings. The number of carbonyl (C=O) groups is 2. The maximum atomic E-state index is 13.3. The molecule has 2 aromatic carbocycles. The molecule has 0 unspecified atom stereocenters. The number of hydrogen-bond acceptors (Lipinski definition) is 4. The van der Waals surface area contributed by atoms with E-state index in [9.17, 15) is 14.0 Å². The average Bonchev–Trinajstić information content (AvgIpc) is 3.12. The van der Waals surface area contributed by atoms with Crippen LogP contribution in [0.5, 0.6) is 0 Å². The molecule has 0 saturated carbocycles. The summed E-state index contributed by atoms with van der Waals surface area (Å²) in [6.07, 6.45) is 0.909. The fourth-order valence-corrected chi connectivity index (χ4v) is 3.87. The van der Waals surface area contributed by atoms with Crippen LogP contribution in [-0.2, 0) is 16.0 Å². The van der Waals surface area contributed by atoms with Gasteiger partial charge in [-0.05, 0) is 43.5 Å². The Balaban J connectivity index is 1.78. The van der Waals surface area contributed by atoms with Crippen molar-refractivity contribution in [2.24, 2.45) is 0 Å². The average molecular weight is 411 g/mol. The number of esters is 1. The maximum absolute atomic E-state index is 13.3. The number of ether oxygens (including phenoxy) is 1. The van der Waals surface area contributed by atoms with Crippen molar-refractivity contribution >= 4 is 28.2 Å². The normalized spacial score (nSPS) is 10.6. The molecule has 0 atom stereocenters. The quantitative estimate of drug-likeness (QED) is 0.514. The van der Waals surface area contributed by atoms with Crippen LogP contribution in [0.4, 0.5) is 9.39 Å². The Hall–Kier alpha value is -2.99. The predicted molar refractivity (Wildman–Crippen MR) is 114 cm³/mol. The van der Waals surface area contributed by atoms with Crippen LogP contribution in [-0.4, -0.2) is 18.5 Å². The summed E-state index contributed by atoms with van der Waals surface area (Å²) in [7, 11) is 0. The molecule has 29 heavy (non-hydrogen) atoms. The first-order chi connectivity index (χ1) is 14.0. The Bertz CT molecular complexity index is 994. The molecule has 1 amide bonds. The van der Waals surface area contributed by atoms with Gasteiger partial charge >= 0.3 is 5.97 Å². The highest BCUT2D eigenvalue weighted by atomic mass is 32.1. The van der Waals surface area contributed by atoms with Gasteiger partial charge in [-0.25, -0.2) is 9.18 Å². The third kappa shape index (κ3) is 5.29. The predicted octanol–water partition coefficient (Wildman–Crippen LogP) is 5.61. The minimum absolute atomic E-state index is 0.177. The van der Waals surface area contributed by atoms with Crippen LogP contribution in [0.15, 0.2) is 53.9 Å². The Morgan fingerprint density at radius 2 is 1.76 bits per heavy atom. The van der Waals surface area contributed by atoms with E-state index in [4.69, 9.17) is 4.74 Å². The van der Waals surface area contributed by atoms with E-state index in [1.807, 2.05) is 31.2 Å². The minimum atomic E-state index is -0.512. The first kappa shape index (κ1) is 20.7. The van der Waals surface area contributed by atoms with Crippen molar-refractivity contribution < 1.29 is 18.7 Å². The second-order valence-corrected chi connectivity index (χ2v) is 7.49. The van der Waals surface area contributed by atoms with Crippen LogP contribution in [0, 0.1) is 12.7 Å². The lowest BCUT2D eigenvalue weighted by atomic mass is 10.0. The van der Waals surface area contributed by atoms with Crippen molar-refractivity contribution in [1.82, 2.24) is 0 Å². The summed E-state index contributed by atoms with van der Waals surface area (Å²) < 4.78 is 18.4. The third-order valence-electron chi connectivity index (χ3n) is 4.44. The molecule has 0 aliphatic rings. The van der Waals surface area contributed by atoms with E-state index < -0.39 is 5.97 Å². The molecule has 4 nitrogen and oxygen atoms in total. The molecule has 0 fully saturated rings.